The van der Waals surface area contributed by atoms with Crippen molar-refractivity contribution in [1.29, 1.82) is 0 Å². The summed E-state index contributed by atoms with van der Waals surface area (Å²) in [7, 11) is 1.32. The molecule has 0 aromatic rings. The van der Waals surface area contributed by atoms with Crippen molar-refractivity contribution in [2.24, 2.45) is 0 Å². The third kappa shape index (κ3) is 1.55. The number of aliphatic hydroxyl groups excluding tert-OH is 1. The van der Waals surface area contributed by atoms with Crippen molar-refractivity contribution >= 4 is 22.6 Å². The van der Waals surface area contributed by atoms with Crippen LogP contribution in [0.3, 0.4) is 0 Å². The highest BCUT2D eigenvalue weighted by atomic mass is 33.1. The molecule has 2 nitrogen and oxygen atoms in total. The largest absolute Gasteiger partial charge is 0.393 e. The van der Waals surface area contributed by atoms with Crippen LogP contribution >= 0.6 is 22.6 Å². The Balaban J connectivity index is 1.98. The van der Waals surface area contributed by atoms with Gasteiger partial charge >= 0.3 is 0 Å². The normalized spacial score (nSPS) is 36.8. The zero-order chi connectivity index (χ0) is 5.98. The summed E-state index contributed by atoms with van der Waals surface area (Å²) < 4.78 is 3.03. The SMILES string of the molecule is OC1CC(NSS)C1. The predicted octanol–water partition coefficient (Wildman–Crippen LogP) is 0.592. The van der Waals surface area contributed by atoms with Crippen molar-refractivity contribution in [2.75, 3.05) is 0 Å². The first-order valence-electron chi connectivity index (χ1n) is 2.57. The maximum Gasteiger partial charge on any atom is 0.0570 e. The number of thiol groups is 1. The Hall–Kier alpha value is 0.620. The lowest BCUT2D eigenvalue weighted by atomic mass is 9.91. The first-order valence-corrected chi connectivity index (χ1v) is 4.44. The van der Waals surface area contributed by atoms with Gasteiger partial charge in [-0.3, -0.25) is 4.72 Å². The topological polar surface area (TPSA) is 32.3 Å². The van der Waals surface area contributed by atoms with E-state index in [0.29, 0.717) is 6.04 Å². The molecule has 0 aromatic carbocycles. The Labute approximate surface area is 58.0 Å². The first kappa shape index (κ1) is 6.74. The van der Waals surface area contributed by atoms with Crippen LogP contribution in [0.25, 0.3) is 0 Å². The van der Waals surface area contributed by atoms with Gasteiger partial charge in [-0.25, -0.2) is 0 Å². The minimum absolute atomic E-state index is 0.0621. The smallest absolute Gasteiger partial charge is 0.0570 e. The number of rotatable bonds is 2. The van der Waals surface area contributed by atoms with Crippen molar-refractivity contribution in [1.82, 2.24) is 4.72 Å². The highest BCUT2D eigenvalue weighted by Gasteiger charge is 2.26. The molecular formula is C4H9NOS2. The minimum Gasteiger partial charge on any atom is -0.393 e. The fraction of sp³-hybridized carbons (Fsp3) is 1.00. The molecule has 1 aliphatic rings. The van der Waals surface area contributed by atoms with Gasteiger partial charge in [0.2, 0.25) is 0 Å². The molecular weight excluding hydrogens is 142 g/mol. The molecule has 0 heterocycles. The van der Waals surface area contributed by atoms with Gasteiger partial charge < -0.3 is 5.11 Å². The lowest BCUT2D eigenvalue weighted by molar-refractivity contribution is 0.0723. The van der Waals surface area contributed by atoms with Crippen LogP contribution in [0.5, 0.6) is 0 Å². The quantitative estimate of drug-likeness (QED) is 0.307. The molecule has 0 atom stereocenters. The van der Waals surface area contributed by atoms with Crippen molar-refractivity contribution in [3.8, 4) is 0 Å². The lowest BCUT2D eigenvalue weighted by Crippen LogP contribution is -2.40. The van der Waals surface area contributed by atoms with Crippen molar-refractivity contribution in [3.63, 3.8) is 0 Å². The summed E-state index contributed by atoms with van der Waals surface area (Å²) >= 11 is 3.90. The number of aliphatic hydroxyl groups is 1. The summed E-state index contributed by atoms with van der Waals surface area (Å²) in [5.41, 5.74) is 0. The third-order valence-corrected chi connectivity index (χ3v) is 2.09. The van der Waals surface area contributed by atoms with Gasteiger partial charge in [-0.2, -0.15) is 0 Å². The molecule has 2 N–H and O–H groups in total. The zero-order valence-corrected chi connectivity index (χ0v) is 6.08. The molecule has 0 aliphatic heterocycles. The predicted molar refractivity (Wildman–Crippen MR) is 38.7 cm³/mol. The van der Waals surface area contributed by atoms with Gasteiger partial charge in [-0.1, -0.05) is 11.7 Å². The summed E-state index contributed by atoms with van der Waals surface area (Å²) in [6.07, 6.45) is 1.70. The average Bonchev–Trinajstić information content (AvgIpc) is 1.64. The van der Waals surface area contributed by atoms with Gasteiger partial charge in [-0.05, 0) is 23.8 Å². The molecule has 8 heavy (non-hydrogen) atoms. The molecule has 1 saturated carbocycles. The van der Waals surface area contributed by atoms with E-state index in [4.69, 9.17) is 5.11 Å². The van der Waals surface area contributed by atoms with Crippen LogP contribution in [-0.2, 0) is 0 Å². The second-order valence-corrected chi connectivity index (χ2v) is 3.00. The van der Waals surface area contributed by atoms with Gasteiger partial charge in [0.1, 0.15) is 0 Å². The summed E-state index contributed by atoms with van der Waals surface area (Å²) in [4.78, 5) is 0. The van der Waals surface area contributed by atoms with Crippen molar-refractivity contribution < 1.29 is 5.11 Å². The fourth-order valence-corrected chi connectivity index (χ4v) is 1.55. The highest BCUT2D eigenvalue weighted by Crippen LogP contribution is 2.21. The molecule has 48 valence electrons. The summed E-state index contributed by atoms with van der Waals surface area (Å²) in [6.45, 7) is 0. The van der Waals surface area contributed by atoms with Gasteiger partial charge in [0.05, 0.1) is 6.10 Å². The van der Waals surface area contributed by atoms with Crippen molar-refractivity contribution in [2.45, 2.75) is 25.0 Å². The Morgan fingerprint density at radius 1 is 1.62 bits per heavy atom. The maximum atomic E-state index is 8.77. The molecule has 0 saturated heterocycles. The second kappa shape index (κ2) is 2.96. The summed E-state index contributed by atoms with van der Waals surface area (Å²) in [5.74, 6) is 0. The van der Waals surface area contributed by atoms with E-state index < -0.39 is 0 Å². The van der Waals surface area contributed by atoms with E-state index >= 15 is 0 Å². The number of hydrogen-bond donors (Lipinski definition) is 3. The van der Waals surface area contributed by atoms with Crippen LogP contribution in [0.15, 0.2) is 0 Å². The third-order valence-electron chi connectivity index (χ3n) is 1.33. The van der Waals surface area contributed by atoms with Gasteiger partial charge in [-0.15, -0.1) is 0 Å². The van der Waals surface area contributed by atoms with Crippen LogP contribution < -0.4 is 4.72 Å². The Morgan fingerprint density at radius 3 is 2.62 bits per heavy atom. The van der Waals surface area contributed by atoms with Crippen LogP contribution in [0.1, 0.15) is 12.8 Å². The average molecular weight is 151 g/mol. The van der Waals surface area contributed by atoms with Crippen LogP contribution in [0.2, 0.25) is 0 Å². The van der Waals surface area contributed by atoms with E-state index in [9.17, 15) is 0 Å². The maximum absolute atomic E-state index is 8.77. The molecule has 0 spiro atoms. The Bertz CT molecular complexity index is 71.7. The molecule has 0 unspecified atom stereocenters. The van der Waals surface area contributed by atoms with E-state index in [1.165, 1.54) is 11.0 Å². The van der Waals surface area contributed by atoms with Gasteiger partial charge in [0.25, 0.3) is 0 Å². The van der Waals surface area contributed by atoms with E-state index in [0.717, 1.165) is 12.8 Å². The Kier molecular flexibility index (Phi) is 2.49. The Morgan fingerprint density at radius 2 is 2.25 bits per heavy atom. The molecule has 1 rings (SSSR count). The van der Waals surface area contributed by atoms with Gasteiger partial charge in [0, 0.05) is 6.04 Å². The molecule has 1 aliphatic carbocycles. The van der Waals surface area contributed by atoms with E-state index in [1.54, 1.807) is 0 Å². The van der Waals surface area contributed by atoms with Crippen LogP contribution in [0.4, 0.5) is 0 Å². The van der Waals surface area contributed by atoms with Crippen molar-refractivity contribution in [3.05, 3.63) is 0 Å². The number of hydrogen-bond acceptors (Lipinski definition) is 4. The minimum atomic E-state index is -0.0621. The lowest BCUT2D eigenvalue weighted by Gasteiger charge is -2.30. The zero-order valence-electron chi connectivity index (χ0n) is 4.37. The molecule has 4 heteroatoms. The molecule has 1 fully saturated rings. The van der Waals surface area contributed by atoms with Crippen LogP contribution in [0, 0.1) is 0 Å². The summed E-state index contributed by atoms with van der Waals surface area (Å²) in [5, 5.41) is 8.77. The highest BCUT2D eigenvalue weighted by molar-refractivity contribution is 8.67. The van der Waals surface area contributed by atoms with Crippen LogP contribution in [-0.4, -0.2) is 17.3 Å². The molecule has 0 radical (unpaired) electrons. The van der Waals surface area contributed by atoms with E-state index in [-0.39, 0.29) is 6.10 Å². The fourth-order valence-electron chi connectivity index (χ4n) is 0.759. The monoisotopic (exact) mass is 151 g/mol. The number of nitrogens with one attached hydrogen (secondary N) is 1. The van der Waals surface area contributed by atoms with E-state index in [1.807, 2.05) is 0 Å². The second-order valence-electron chi connectivity index (χ2n) is 2.03. The van der Waals surface area contributed by atoms with Gasteiger partial charge in [0.15, 0.2) is 0 Å². The van der Waals surface area contributed by atoms with E-state index in [2.05, 4.69) is 16.4 Å². The molecule has 0 amide bonds. The summed E-state index contributed by atoms with van der Waals surface area (Å²) in [6, 6.07) is 0.493. The first-order chi connectivity index (χ1) is 3.83. The standard InChI is InChI=1S/C4H9NOS2/c6-4-1-3(2-4)5-8-7/h3-7H,1-2H2. The molecule has 0 bridgehead atoms. The molecule has 0 aromatic heterocycles.